The van der Waals surface area contributed by atoms with Gasteiger partial charge in [0.15, 0.2) is 0 Å². The molecule has 3 unspecified atom stereocenters. The SMILES string of the molecule is CC1CCCC(CO)(NC(=O)C(C)Br)C1. The number of alkyl halides is 1. The van der Waals surface area contributed by atoms with Crippen molar-refractivity contribution in [3.8, 4) is 0 Å². The van der Waals surface area contributed by atoms with Gasteiger partial charge in [-0.15, -0.1) is 0 Å². The molecule has 1 aliphatic carbocycles. The normalized spacial score (nSPS) is 33.5. The standard InChI is InChI=1S/C11H20BrNO2/c1-8-4-3-5-11(6-8,7-14)13-10(15)9(2)12/h8-9,14H,3-7H2,1-2H3,(H,13,15). The molecule has 1 amide bonds. The fourth-order valence-electron chi connectivity index (χ4n) is 2.32. The molecule has 0 bridgehead atoms. The maximum Gasteiger partial charge on any atom is 0.234 e. The Hall–Kier alpha value is -0.0900. The van der Waals surface area contributed by atoms with E-state index in [0.29, 0.717) is 5.92 Å². The summed E-state index contributed by atoms with van der Waals surface area (Å²) in [6.07, 6.45) is 4.05. The molecule has 1 fully saturated rings. The molecule has 0 aromatic carbocycles. The molecule has 3 atom stereocenters. The van der Waals surface area contributed by atoms with Crippen LogP contribution in [0, 0.1) is 5.92 Å². The molecule has 0 radical (unpaired) electrons. The largest absolute Gasteiger partial charge is 0.394 e. The quantitative estimate of drug-likeness (QED) is 0.774. The lowest BCUT2D eigenvalue weighted by Gasteiger charge is -2.39. The highest BCUT2D eigenvalue weighted by molar-refractivity contribution is 9.10. The van der Waals surface area contributed by atoms with Crippen LogP contribution in [0.4, 0.5) is 0 Å². The van der Waals surface area contributed by atoms with Crippen LogP contribution in [0.1, 0.15) is 39.5 Å². The van der Waals surface area contributed by atoms with Gasteiger partial charge in [0.05, 0.1) is 17.0 Å². The van der Waals surface area contributed by atoms with E-state index in [1.165, 1.54) is 6.42 Å². The van der Waals surface area contributed by atoms with Gasteiger partial charge < -0.3 is 10.4 Å². The molecule has 0 heterocycles. The van der Waals surface area contributed by atoms with Crippen LogP contribution in [0.3, 0.4) is 0 Å². The second kappa shape index (κ2) is 5.30. The Morgan fingerprint density at radius 3 is 2.87 bits per heavy atom. The number of nitrogens with one attached hydrogen (secondary N) is 1. The van der Waals surface area contributed by atoms with Crippen LogP contribution < -0.4 is 5.32 Å². The molecule has 1 aliphatic rings. The van der Waals surface area contributed by atoms with E-state index >= 15 is 0 Å². The first-order valence-electron chi connectivity index (χ1n) is 5.56. The second-order valence-electron chi connectivity index (χ2n) is 4.75. The predicted molar refractivity (Wildman–Crippen MR) is 64.0 cm³/mol. The van der Waals surface area contributed by atoms with Gasteiger partial charge in [-0.05, 0) is 25.7 Å². The molecule has 15 heavy (non-hydrogen) atoms. The number of amides is 1. The van der Waals surface area contributed by atoms with Gasteiger partial charge in [0.1, 0.15) is 0 Å². The minimum absolute atomic E-state index is 0.0295. The van der Waals surface area contributed by atoms with E-state index < -0.39 is 0 Å². The molecular weight excluding hydrogens is 258 g/mol. The Morgan fingerprint density at radius 1 is 1.73 bits per heavy atom. The van der Waals surface area contributed by atoms with Crippen LogP contribution in [0.15, 0.2) is 0 Å². The van der Waals surface area contributed by atoms with Gasteiger partial charge in [0, 0.05) is 0 Å². The van der Waals surface area contributed by atoms with E-state index in [-0.39, 0.29) is 22.9 Å². The number of carbonyl (C=O) groups is 1. The molecule has 0 aliphatic heterocycles. The fourth-order valence-corrected chi connectivity index (χ4v) is 2.43. The van der Waals surface area contributed by atoms with Crippen molar-refractivity contribution < 1.29 is 9.90 Å². The summed E-state index contributed by atoms with van der Waals surface area (Å²) in [4.78, 5) is 11.4. The smallest absolute Gasteiger partial charge is 0.234 e. The van der Waals surface area contributed by atoms with Crippen molar-refractivity contribution in [2.45, 2.75) is 49.9 Å². The van der Waals surface area contributed by atoms with Gasteiger partial charge in [-0.3, -0.25) is 4.79 Å². The Balaban J connectivity index is 2.63. The lowest BCUT2D eigenvalue weighted by Crippen LogP contribution is -2.55. The first-order chi connectivity index (χ1) is 6.99. The molecular formula is C11H20BrNO2. The summed E-state index contributed by atoms with van der Waals surface area (Å²) in [5.41, 5.74) is -0.378. The zero-order valence-electron chi connectivity index (χ0n) is 9.42. The average molecular weight is 278 g/mol. The van der Waals surface area contributed by atoms with Crippen molar-refractivity contribution in [3.05, 3.63) is 0 Å². The maximum absolute atomic E-state index is 11.6. The summed E-state index contributed by atoms with van der Waals surface area (Å²) < 4.78 is 0. The van der Waals surface area contributed by atoms with Gasteiger partial charge in [0.2, 0.25) is 5.91 Å². The number of aliphatic hydroxyl groups is 1. The third-order valence-electron chi connectivity index (χ3n) is 3.14. The van der Waals surface area contributed by atoms with E-state index in [4.69, 9.17) is 0 Å². The predicted octanol–water partition coefficient (Wildman–Crippen LogP) is 1.83. The van der Waals surface area contributed by atoms with E-state index in [1.807, 2.05) is 0 Å². The number of carbonyl (C=O) groups excluding carboxylic acids is 1. The Labute approximate surface area is 99.8 Å². The molecule has 88 valence electrons. The van der Waals surface area contributed by atoms with Gasteiger partial charge in [0.25, 0.3) is 0 Å². The zero-order valence-corrected chi connectivity index (χ0v) is 11.0. The van der Waals surface area contributed by atoms with E-state index in [1.54, 1.807) is 6.92 Å². The fraction of sp³-hybridized carbons (Fsp3) is 0.909. The van der Waals surface area contributed by atoms with Crippen LogP contribution in [-0.4, -0.2) is 28.0 Å². The summed E-state index contributed by atoms with van der Waals surface area (Å²) in [5, 5.41) is 12.4. The number of hydrogen-bond donors (Lipinski definition) is 2. The van der Waals surface area contributed by atoms with Crippen molar-refractivity contribution in [2.24, 2.45) is 5.92 Å². The van der Waals surface area contributed by atoms with Crippen LogP contribution in [0.5, 0.6) is 0 Å². The minimum atomic E-state index is -0.378. The minimum Gasteiger partial charge on any atom is -0.394 e. The zero-order chi connectivity index (χ0) is 11.5. The monoisotopic (exact) mass is 277 g/mol. The van der Waals surface area contributed by atoms with E-state index in [0.717, 1.165) is 19.3 Å². The number of hydrogen-bond acceptors (Lipinski definition) is 2. The molecule has 0 aromatic heterocycles. The van der Waals surface area contributed by atoms with Crippen molar-refractivity contribution >= 4 is 21.8 Å². The highest BCUT2D eigenvalue weighted by Gasteiger charge is 2.36. The van der Waals surface area contributed by atoms with Crippen LogP contribution in [-0.2, 0) is 4.79 Å². The first kappa shape index (κ1) is 13.0. The summed E-state index contributed by atoms with van der Waals surface area (Å²) in [6.45, 7) is 4.02. The number of aliphatic hydroxyl groups excluding tert-OH is 1. The summed E-state index contributed by atoms with van der Waals surface area (Å²) in [7, 11) is 0. The Morgan fingerprint density at radius 2 is 2.40 bits per heavy atom. The molecule has 0 spiro atoms. The third kappa shape index (κ3) is 3.45. The van der Waals surface area contributed by atoms with E-state index in [9.17, 15) is 9.90 Å². The van der Waals surface area contributed by atoms with Crippen LogP contribution in [0.2, 0.25) is 0 Å². The molecule has 0 aromatic rings. The average Bonchev–Trinajstić information content (AvgIpc) is 2.17. The van der Waals surface area contributed by atoms with Crippen molar-refractivity contribution in [1.82, 2.24) is 5.32 Å². The van der Waals surface area contributed by atoms with Crippen molar-refractivity contribution in [2.75, 3.05) is 6.61 Å². The molecule has 2 N–H and O–H groups in total. The van der Waals surface area contributed by atoms with Gasteiger partial charge in [-0.1, -0.05) is 35.7 Å². The van der Waals surface area contributed by atoms with E-state index in [2.05, 4.69) is 28.2 Å². The molecule has 1 saturated carbocycles. The van der Waals surface area contributed by atoms with Gasteiger partial charge >= 0.3 is 0 Å². The Kier molecular flexibility index (Phi) is 4.59. The summed E-state index contributed by atoms with van der Waals surface area (Å²) in [5.74, 6) is 0.551. The highest BCUT2D eigenvalue weighted by Crippen LogP contribution is 2.32. The third-order valence-corrected chi connectivity index (χ3v) is 3.56. The summed E-state index contributed by atoms with van der Waals surface area (Å²) >= 11 is 3.24. The second-order valence-corrected chi connectivity index (χ2v) is 6.12. The number of halogens is 1. The lowest BCUT2D eigenvalue weighted by atomic mass is 9.77. The van der Waals surface area contributed by atoms with Crippen LogP contribution in [0.25, 0.3) is 0 Å². The molecule has 4 heteroatoms. The van der Waals surface area contributed by atoms with Crippen LogP contribution >= 0.6 is 15.9 Å². The number of rotatable bonds is 3. The molecule has 0 saturated heterocycles. The first-order valence-corrected chi connectivity index (χ1v) is 6.47. The lowest BCUT2D eigenvalue weighted by molar-refractivity contribution is -0.123. The Bertz CT molecular complexity index is 233. The van der Waals surface area contributed by atoms with Gasteiger partial charge in [-0.2, -0.15) is 0 Å². The molecule has 3 nitrogen and oxygen atoms in total. The van der Waals surface area contributed by atoms with Crippen molar-refractivity contribution in [1.29, 1.82) is 0 Å². The maximum atomic E-state index is 11.6. The van der Waals surface area contributed by atoms with Crippen molar-refractivity contribution in [3.63, 3.8) is 0 Å². The topological polar surface area (TPSA) is 49.3 Å². The highest BCUT2D eigenvalue weighted by atomic mass is 79.9. The van der Waals surface area contributed by atoms with Gasteiger partial charge in [-0.25, -0.2) is 0 Å². The molecule has 1 rings (SSSR count). The summed E-state index contributed by atoms with van der Waals surface area (Å²) in [6, 6.07) is 0.